The third kappa shape index (κ3) is 3.03. The molecule has 0 radical (unpaired) electrons. The van der Waals surface area contributed by atoms with Gasteiger partial charge in [-0.25, -0.2) is 0 Å². The second kappa shape index (κ2) is 4.80. The van der Waals surface area contributed by atoms with Gasteiger partial charge in [-0.15, -0.1) is 0 Å². The molecular formula is C16H22O3. The lowest BCUT2D eigenvalue weighted by atomic mass is 9.79. The van der Waals surface area contributed by atoms with Crippen molar-refractivity contribution in [2.45, 2.75) is 47.0 Å². The molecule has 3 nitrogen and oxygen atoms in total. The van der Waals surface area contributed by atoms with E-state index in [1.165, 1.54) is 13.8 Å². The van der Waals surface area contributed by atoms with Gasteiger partial charge in [0.2, 0.25) is 0 Å². The van der Waals surface area contributed by atoms with Gasteiger partial charge in [0.05, 0.1) is 0 Å². The zero-order valence-electron chi connectivity index (χ0n) is 12.5. The fourth-order valence-electron chi connectivity index (χ4n) is 1.77. The van der Waals surface area contributed by atoms with Gasteiger partial charge in [-0.2, -0.15) is 0 Å². The van der Waals surface area contributed by atoms with Crippen molar-refractivity contribution < 1.29 is 14.7 Å². The highest BCUT2D eigenvalue weighted by Gasteiger charge is 2.37. The maximum Gasteiger partial charge on any atom is 0.316 e. The summed E-state index contributed by atoms with van der Waals surface area (Å²) in [7, 11) is 0. The van der Waals surface area contributed by atoms with E-state index in [0.717, 1.165) is 11.1 Å². The number of aliphatic carboxylic acids is 1. The highest BCUT2D eigenvalue weighted by Crippen LogP contribution is 2.29. The molecule has 0 atom stereocenters. The van der Waals surface area contributed by atoms with Crippen LogP contribution >= 0.6 is 0 Å². The molecule has 0 saturated carbocycles. The van der Waals surface area contributed by atoms with E-state index < -0.39 is 11.4 Å². The summed E-state index contributed by atoms with van der Waals surface area (Å²) in [6, 6.07) is 5.69. The minimum atomic E-state index is -1.40. The van der Waals surface area contributed by atoms with Crippen LogP contribution in [0.25, 0.3) is 0 Å². The second-order valence-electron chi connectivity index (χ2n) is 6.54. The molecule has 0 aliphatic rings. The van der Waals surface area contributed by atoms with Crippen LogP contribution in [0.5, 0.6) is 0 Å². The molecule has 0 fully saturated rings. The molecule has 1 aromatic carbocycles. The molecule has 0 aliphatic carbocycles. The minimum Gasteiger partial charge on any atom is -0.481 e. The molecule has 0 unspecified atom stereocenters. The number of carbonyl (C=O) groups excluding carboxylic acids is 1. The van der Waals surface area contributed by atoms with Crippen molar-refractivity contribution in [3.63, 3.8) is 0 Å². The summed E-state index contributed by atoms with van der Waals surface area (Å²) in [5.41, 5.74) is 0.868. The third-order valence-corrected chi connectivity index (χ3v) is 3.45. The van der Waals surface area contributed by atoms with Crippen LogP contribution in [0.15, 0.2) is 18.2 Å². The number of ketones is 1. The van der Waals surface area contributed by atoms with Crippen molar-refractivity contribution in [2.75, 3.05) is 0 Å². The summed E-state index contributed by atoms with van der Waals surface area (Å²) in [6.07, 6.45) is 0. The van der Waals surface area contributed by atoms with Crippen LogP contribution in [0.2, 0.25) is 0 Å². The van der Waals surface area contributed by atoms with Gasteiger partial charge in [-0.3, -0.25) is 9.59 Å². The smallest absolute Gasteiger partial charge is 0.316 e. The molecule has 0 bridgehead atoms. The predicted molar refractivity (Wildman–Crippen MR) is 75.6 cm³/mol. The minimum absolute atomic E-state index is 0.0733. The van der Waals surface area contributed by atoms with Gasteiger partial charge >= 0.3 is 5.97 Å². The van der Waals surface area contributed by atoms with Crippen LogP contribution in [0.1, 0.15) is 56.1 Å². The largest absolute Gasteiger partial charge is 0.481 e. The molecule has 1 rings (SSSR count). The second-order valence-corrected chi connectivity index (χ2v) is 6.54. The Bertz CT molecular complexity index is 519. The Balaban J connectivity index is 3.36. The van der Waals surface area contributed by atoms with Crippen LogP contribution in [0.4, 0.5) is 0 Å². The van der Waals surface area contributed by atoms with Gasteiger partial charge < -0.3 is 5.11 Å². The molecule has 3 heteroatoms. The lowest BCUT2D eigenvalue weighted by Gasteiger charge is -2.23. The number of hydrogen-bond donors (Lipinski definition) is 1. The topological polar surface area (TPSA) is 54.4 Å². The molecule has 104 valence electrons. The fourth-order valence-corrected chi connectivity index (χ4v) is 1.77. The lowest BCUT2D eigenvalue weighted by Crippen LogP contribution is -2.34. The summed E-state index contributed by atoms with van der Waals surface area (Å²) in [6.45, 7) is 10.9. The van der Waals surface area contributed by atoms with E-state index in [0.29, 0.717) is 5.56 Å². The fraction of sp³-hybridized carbons (Fsp3) is 0.500. The molecule has 0 aliphatic heterocycles. The van der Waals surface area contributed by atoms with E-state index in [1.807, 2.05) is 25.1 Å². The number of Topliss-reactive ketones (excluding diaryl/α,β-unsaturated/α-hetero) is 1. The van der Waals surface area contributed by atoms with E-state index in [-0.39, 0.29) is 11.2 Å². The first-order valence-electron chi connectivity index (χ1n) is 6.37. The Kier molecular flexibility index (Phi) is 3.89. The molecule has 0 heterocycles. The first-order valence-corrected chi connectivity index (χ1v) is 6.37. The molecule has 0 amide bonds. The van der Waals surface area contributed by atoms with Crippen molar-refractivity contribution in [1.82, 2.24) is 0 Å². The Morgan fingerprint density at radius 3 is 2.00 bits per heavy atom. The number of rotatable bonds is 3. The van der Waals surface area contributed by atoms with Gasteiger partial charge in [0.15, 0.2) is 5.78 Å². The monoisotopic (exact) mass is 262 g/mol. The number of hydrogen-bond acceptors (Lipinski definition) is 2. The summed E-state index contributed by atoms with van der Waals surface area (Å²) in [4.78, 5) is 23.6. The van der Waals surface area contributed by atoms with E-state index >= 15 is 0 Å². The molecule has 1 N–H and O–H groups in total. The third-order valence-electron chi connectivity index (χ3n) is 3.45. The summed E-state index contributed by atoms with van der Waals surface area (Å²) in [5, 5.41) is 9.17. The van der Waals surface area contributed by atoms with Crippen LogP contribution in [-0.4, -0.2) is 16.9 Å². The Morgan fingerprint density at radius 2 is 1.58 bits per heavy atom. The van der Waals surface area contributed by atoms with E-state index in [1.54, 1.807) is 0 Å². The van der Waals surface area contributed by atoms with Crippen molar-refractivity contribution >= 4 is 11.8 Å². The number of benzene rings is 1. The van der Waals surface area contributed by atoms with Crippen molar-refractivity contribution in [3.8, 4) is 0 Å². The molecular weight excluding hydrogens is 240 g/mol. The number of carbonyl (C=O) groups is 2. The van der Waals surface area contributed by atoms with Gasteiger partial charge in [-0.05, 0) is 43.4 Å². The Morgan fingerprint density at radius 1 is 1.05 bits per heavy atom. The van der Waals surface area contributed by atoms with Gasteiger partial charge in [-0.1, -0.05) is 32.9 Å². The Labute approximate surface area is 114 Å². The maximum absolute atomic E-state index is 12.4. The average molecular weight is 262 g/mol. The Hall–Kier alpha value is -1.64. The summed E-state index contributed by atoms with van der Waals surface area (Å²) in [5.74, 6) is -1.44. The number of carboxylic acid groups (broad SMARTS) is 1. The zero-order chi connectivity index (χ0) is 15.0. The van der Waals surface area contributed by atoms with Gasteiger partial charge in [0, 0.05) is 5.56 Å². The number of carboxylic acids is 1. The van der Waals surface area contributed by atoms with Crippen molar-refractivity contribution in [2.24, 2.45) is 5.41 Å². The van der Waals surface area contributed by atoms with Crippen LogP contribution in [0, 0.1) is 12.3 Å². The lowest BCUT2D eigenvalue weighted by molar-refractivity contribution is -0.144. The van der Waals surface area contributed by atoms with Crippen molar-refractivity contribution in [3.05, 3.63) is 34.9 Å². The van der Waals surface area contributed by atoms with Crippen molar-refractivity contribution in [1.29, 1.82) is 0 Å². The normalized spacial score (nSPS) is 12.3. The van der Waals surface area contributed by atoms with E-state index in [9.17, 15) is 14.7 Å². The zero-order valence-corrected chi connectivity index (χ0v) is 12.5. The first kappa shape index (κ1) is 15.4. The van der Waals surface area contributed by atoms with Gasteiger partial charge in [0.1, 0.15) is 5.41 Å². The maximum atomic E-state index is 12.4. The van der Waals surface area contributed by atoms with E-state index in [4.69, 9.17) is 0 Å². The highest BCUT2D eigenvalue weighted by atomic mass is 16.4. The van der Waals surface area contributed by atoms with Gasteiger partial charge in [0.25, 0.3) is 0 Å². The molecule has 0 spiro atoms. The molecule has 0 aromatic heterocycles. The summed E-state index contributed by atoms with van der Waals surface area (Å²) < 4.78 is 0. The van der Waals surface area contributed by atoms with Crippen LogP contribution < -0.4 is 0 Å². The highest BCUT2D eigenvalue weighted by molar-refractivity contribution is 6.12. The molecule has 1 aromatic rings. The quantitative estimate of drug-likeness (QED) is 0.669. The predicted octanol–water partition coefficient (Wildman–Crippen LogP) is 3.59. The summed E-state index contributed by atoms with van der Waals surface area (Å²) >= 11 is 0. The number of aryl methyl sites for hydroxylation is 1. The van der Waals surface area contributed by atoms with Crippen LogP contribution in [0.3, 0.4) is 0 Å². The average Bonchev–Trinajstić information content (AvgIpc) is 2.26. The van der Waals surface area contributed by atoms with Crippen LogP contribution in [-0.2, 0) is 10.2 Å². The van der Waals surface area contributed by atoms with E-state index in [2.05, 4.69) is 20.8 Å². The first-order chi connectivity index (χ1) is 8.48. The standard InChI is InChI=1S/C16H22O3/c1-10-7-8-11(15(2,3)4)9-12(10)13(17)16(5,6)14(18)19/h7-9H,1-6H3,(H,18,19). The molecule has 19 heavy (non-hydrogen) atoms. The SMILES string of the molecule is Cc1ccc(C(C)(C)C)cc1C(=O)C(C)(C)C(=O)O. The molecule has 0 saturated heterocycles.